The van der Waals surface area contributed by atoms with Crippen molar-refractivity contribution in [3.63, 3.8) is 0 Å². The van der Waals surface area contributed by atoms with E-state index in [1.165, 1.54) is 0 Å². The number of pyridine rings is 2. The van der Waals surface area contributed by atoms with E-state index < -0.39 is 0 Å². The number of aromatic amines is 1. The van der Waals surface area contributed by atoms with Crippen LogP contribution in [0.25, 0.3) is 34.0 Å². The van der Waals surface area contributed by atoms with E-state index in [1.807, 2.05) is 30.3 Å². The maximum absolute atomic E-state index is 5.07. The Hall–Kier alpha value is -3.35. The number of nitrogens with zero attached hydrogens (tertiary/aromatic N) is 5. The standard InChI is InChI=1S/C15H9N6O/c1-2-6-16-12(5-1)11-8-18-20-14(11)10-4-3-7-17-15(10)13-9-19-21-22-13/h1-8H,(H,18,20). The number of hydrogen-bond acceptors (Lipinski definition) is 6. The van der Waals surface area contributed by atoms with Gasteiger partial charge in [-0.2, -0.15) is 5.10 Å². The first-order valence-corrected chi connectivity index (χ1v) is 6.54. The highest BCUT2D eigenvalue weighted by atomic mass is 16.5. The molecule has 7 nitrogen and oxygen atoms in total. The predicted octanol–water partition coefficient (Wildman–Crippen LogP) is 2.38. The van der Waals surface area contributed by atoms with Gasteiger partial charge in [-0.1, -0.05) is 6.07 Å². The van der Waals surface area contributed by atoms with Gasteiger partial charge in [0.25, 0.3) is 0 Å². The lowest BCUT2D eigenvalue weighted by atomic mass is 10.0. The molecule has 0 saturated heterocycles. The Labute approximate surface area is 125 Å². The summed E-state index contributed by atoms with van der Waals surface area (Å²) in [7, 11) is 0. The molecule has 0 aliphatic rings. The van der Waals surface area contributed by atoms with Crippen molar-refractivity contribution >= 4 is 0 Å². The minimum absolute atomic E-state index is 0.366. The van der Waals surface area contributed by atoms with E-state index in [0.29, 0.717) is 11.5 Å². The van der Waals surface area contributed by atoms with E-state index in [1.54, 1.807) is 18.6 Å². The fourth-order valence-corrected chi connectivity index (χ4v) is 2.23. The second kappa shape index (κ2) is 5.21. The maximum atomic E-state index is 5.07. The van der Waals surface area contributed by atoms with Gasteiger partial charge in [-0.15, -0.1) is 5.10 Å². The van der Waals surface area contributed by atoms with Crippen LogP contribution in [0.1, 0.15) is 0 Å². The Morgan fingerprint density at radius 1 is 0.955 bits per heavy atom. The minimum Gasteiger partial charge on any atom is -0.334 e. The van der Waals surface area contributed by atoms with Gasteiger partial charge in [-0.25, -0.2) is 0 Å². The number of hydrogen-bond donors (Lipinski definition) is 1. The highest BCUT2D eigenvalue weighted by Gasteiger charge is 2.18. The lowest BCUT2D eigenvalue weighted by Crippen LogP contribution is -1.91. The molecule has 0 atom stereocenters. The fourth-order valence-electron chi connectivity index (χ4n) is 2.23. The largest absolute Gasteiger partial charge is 0.334 e. The van der Waals surface area contributed by atoms with Crippen LogP contribution >= 0.6 is 0 Å². The molecule has 0 unspecified atom stereocenters. The molecular weight excluding hydrogens is 280 g/mol. The molecule has 105 valence electrons. The van der Waals surface area contributed by atoms with Crippen LogP contribution in [-0.4, -0.2) is 30.5 Å². The molecule has 1 N–H and O–H groups in total. The van der Waals surface area contributed by atoms with Gasteiger partial charge in [0.2, 0.25) is 5.76 Å². The first kappa shape index (κ1) is 12.4. The molecule has 0 spiro atoms. The van der Waals surface area contributed by atoms with Crippen molar-refractivity contribution in [2.75, 3.05) is 0 Å². The second-order valence-electron chi connectivity index (χ2n) is 4.48. The summed E-state index contributed by atoms with van der Waals surface area (Å²) in [4.78, 5) is 8.70. The maximum Gasteiger partial charge on any atom is 0.216 e. The summed E-state index contributed by atoms with van der Waals surface area (Å²) >= 11 is 0. The molecule has 22 heavy (non-hydrogen) atoms. The third-order valence-corrected chi connectivity index (χ3v) is 3.18. The quantitative estimate of drug-likeness (QED) is 0.622. The van der Waals surface area contributed by atoms with Gasteiger partial charge >= 0.3 is 0 Å². The summed E-state index contributed by atoms with van der Waals surface area (Å²) in [6.45, 7) is 0. The van der Waals surface area contributed by atoms with Gasteiger partial charge < -0.3 is 4.52 Å². The van der Waals surface area contributed by atoms with Crippen molar-refractivity contribution in [1.82, 2.24) is 30.5 Å². The summed E-state index contributed by atoms with van der Waals surface area (Å²) in [6, 6.07) is 9.46. The van der Waals surface area contributed by atoms with Crippen LogP contribution in [0.5, 0.6) is 0 Å². The van der Waals surface area contributed by atoms with E-state index in [0.717, 1.165) is 22.5 Å². The van der Waals surface area contributed by atoms with Crippen molar-refractivity contribution < 1.29 is 4.52 Å². The summed E-state index contributed by atoms with van der Waals surface area (Å²) in [5.74, 6) is 0.366. The molecule has 4 aromatic heterocycles. The zero-order valence-corrected chi connectivity index (χ0v) is 11.3. The topological polar surface area (TPSA) is 93.4 Å². The fraction of sp³-hybridized carbons (Fsp3) is 0. The third-order valence-electron chi connectivity index (χ3n) is 3.18. The molecule has 0 fully saturated rings. The molecule has 1 radical (unpaired) electrons. The second-order valence-corrected chi connectivity index (χ2v) is 4.48. The molecule has 4 rings (SSSR count). The highest BCUT2D eigenvalue weighted by molar-refractivity contribution is 5.85. The average molecular weight is 289 g/mol. The molecule has 0 aliphatic heterocycles. The van der Waals surface area contributed by atoms with E-state index in [2.05, 4.69) is 36.7 Å². The molecule has 4 heterocycles. The van der Waals surface area contributed by atoms with Crippen molar-refractivity contribution in [2.45, 2.75) is 0 Å². The number of aromatic nitrogens is 6. The zero-order valence-electron chi connectivity index (χ0n) is 11.3. The lowest BCUT2D eigenvalue weighted by molar-refractivity contribution is 0.403. The molecular formula is C15H9N6O. The summed E-state index contributed by atoms with van der Waals surface area (Å²) in [5, 5.41) is 14.2. The van der Waals surface area contributed by atoms with Crippen molar-refractivity contribution in [1.29, 1.82) is 0 Å². The van der Waals surface area contributed by atoms with Crippen LogP contribution in [0.4, 0.5) is 0 Å². The van der Waals surface area contributed by atoms with Crippen LogP contribution in [0.15, 0.2) is 53.4 Å². The van der Waals surface area contributed by atoms with Crippen LogP contribution in [0, 0.1) is 6.20 Å². The van der Waals surface area contributed by atoms with Gasteiger partial charge in [0.15, 0.2) is 6.20 Å². The molecule has 0 saturated carbocycles. The van der Waals surface area contributed by atoms with Crippen molar-refractivity contribution in [3.05, 3.63) is 55.1 Å². The van der Waals surface area contributed by atoms with Gasteiger partial charge in [0, 0.05) is 35.0 Å². The zero-order chi connectivity index (χ0) is 14.8. The SMILES string of the molecule is [c]1nnoc1-c1ncccc1-c1n[nH]cc1-c1ccccn1. The molecule has 0 bridgehead atoms. The van der Waals surface area contributed by atoms with E-state index in [-0.39, 0.29) is 0 Å². The smallest absolute Gasteiger partial charge is 0.216 e. The summed E-state index contributed by atoms with van der Waals surface area (Å²) < 4.78 is 5.07. The van der Waals surface area contributed by atoms with E-state index >= 15 is 0 Å². The molecule has 0 aromatic carbocycles. The van der Waals surface area contributed by atoms with Crippen LogP contribution in [0.2, 0.25) is 0 Å². The van der Waals surface area contributed by atoms with Crippen LogP contribution in [0.3, 0.4) is 0 Å². The third kappa shape index (κ3) is 2.05. The Kier molecular flexibility index (Phi) is 2.93. The van der Waals surface area contributed by atoms with Gasteiger partial charge in [-0.05, 0) is 24.3 Å². The Balaban J connectivity index is 1.90. The minimum atomic E-state index is 0.366. The Morgan fingerprint density at radius 3 is 2.73 bits per heavy atom. The molecule has 4 aromatic rings. The molecule has 7 heteroatoms. The van der Waals surface area contributed by atoms with Gasteiger partial charge in [-0.3, -0.25) is 15.1 Å². The molecule has 0 amide bonds. The summed E-state index contributed by atoms with van der Waals surface area (Å²) in [5.41, 5.74) is 3.80. The van der Waals surface area contributed by atoms with Gasteiger partial charge in [0.1, 0.15) is 11.4 Å². The Bertz CT molecular complexity index is 885. The Morgan fingerprint density at radius 2 is 1.91 bits per heavy atom. The lowest BCUT2D eigenvalue weighted by Gasteiger charge is -2.05. The van der Waals surface area contributed by atoms with Gasteiger partial charge in [0.05, 0.1) is 5.69 Å². The monoisotopic (exact) mass is 289 g/mol. The van der Waals surface area contributed by atoms with Crippen molar-refractivity contribution in [2.24, 2.45) is 0 Å². The average Bonchev–Trinajstić information content (AvgIpc) is 3.27. The predicted molar refractivity (Wildman–Crippen MR) is 77.2 cm³/mol. The summed E-state index contributed by atoms with van der Waals surface area (Å²) in [6.07, 6.45) is 7.88. The van der Waals surface area contributed by atoms with Crippen LogP contribution < -0.4 is 0 Å². The highest BCUT2D eigenvalue weighted by Crippen LogP contribution is 2.34. The van der Waals surface area contributed by atoms with E-state index in [9.17, 15) is 0 Å². The first-order chi connectivity index (χ1) is 10.9. The number of H-pyrrole nitrogens is 1. The van der Waals surface area contributed by atoms with Crippen LogP contribution in [-0.2, 0) is 0 Å². The van der Waals surface area contributed by atoms with E-state index in [4.69, 9.17) is 4.52 Å². The number of rotatable bonds is 3. The normalized spacial score (nSPS) is 10.7. The van der Waals surface area contributed by atoms with Crippen molar-refractivity contribution in [3.8, 4) is 34.0 Å². The molecule has 0 aliphatic carbocycles. The first-order valence-electron chi connectivity index (χ1n) is 6.54. The number of nitrogens with one attached hydrogen (secondary N) is 1.